The zero-order valence-corrected chi connectivity index (χ0v) is 16.6. The lowest BCUT2D eigenvalue weighted by Gasteiger charge is -2.43. The number of hydrazone groups is 1. The fourth-order valence-corrected chi connectivity index (χ4v) is 3.62. The van der Waals surface area contributed by atoms with Gasteiger partial charge >= 0.3 is 0 Å². The maximum Gasteiger partial charge on any atom is 0.267 e. The molecule has 152 valence electrons. The van der Waals surface area contributed by atoms with Crippen molar-refractivity contribution in [2.45, 2.75) is 38.3 Å². The highest BCUT2D eigenvalue weighted by molar-refractivity contribution is 6.40. The van der Waals surface area contributed by atoms with Crippen LogP contribution in [0.4, 0.5) is 5.69 Å². The second-order valence-electron chi connectivity index (χ2n) is 7.48. The average Bonchev–Trinajstić information content (AvgIpc) is 3.19. The molecule has 28 heavy (non-hydrogen) atoms. The van der Waals surface area contributed by atoms with Crippen molar-refractivity contribution in [1.29, 1.82) is 0 Å². The first-order valence-electron chi connectivity index (χ1n) is 9.76. The Hall–Kier alpha value is -2.45. The van der Waals surface area contributed by atoms with Gasteiger partial charge in [0, 0.05) is 31.6 Å². The number of carbonyl (C=O) groups excluding carboxylic acids is 2. The third-order valence-electron chi connectivity index (χ3n) is 5.69. The quantitative estimate of drug-likeness (QED) is 0.718. The summed E-state index contributed by atoms with van der Waals surface area (Å²) >= 11 is 0. The summed E-state index contributed by atoms with van der Waals surface area (Å²) in [6.07, 6.45) is 1.11. The molecule has 3 N–H and O–H groups in total. The number of nitrogens with zero attached hydrogens (tertiary/aromatic N) is 3. The van der Waals surface area contributed by atoms with Crippen molar-refractivity contribution < 1.29 is 14.3 Å². The van der Waals surface area contributed by atoms with Gasteiger partial charge in [-0.2, -0.15) is 5.10 Å². The standard InChI is InChI=1S/C20H29N5O3/c1-3-20(2,24-9-11-28-12-10-24)14-22-19(27)16-13-17(18(21)26)25(23-16)15-7-5-4-6-8-15/h4-8,17H,3,9-14H2,1-2H3,(H2,21,26)(H,22,27)/t17-,20+/m0/s1. The van der Waals surface area contributed by atoms with Gasteiger partial charge in [0.2, 0.25) is 5.91 Å². The summed E-state index contributed by atoms with van der Waals surface area (Å²) in [6, 6.07) is 8.62. The van der Waals surface area contributed by atoms with Crippen molar-refractivity contribution in [3.8, 4) is 0 Å². The van der Waals surface area contributed by atoms with Crippen LogP contribution in [0, 0.1) is 0 Å². The van der Waals surface area contributed by atoms with Crippen LogP contribution in [-0.2, 0) is 14.3 Å². The number of amides is 2. The van der Waals surface area contributed by atoms with E-state index < -0.39 is 11.9 Å². The van der Waals surface area contributed by atoms with Crippen LogP contribution < -0.4 is 16.1 Å². The highest BCUT2D eigenvalue weighted by Crippen LogP contribution is 2.25. The van der Waals surface area contributed by atoms with Gasteiger partial charge in [0.15, 0.2) is 0 Å². The van der Waals surface area contributed by atoms with E-state index in [4.69, 9.17) is 10.5 Å². The number of carbonyl (C=O) groups is 2. The van der Waals surface area contributed by atoms with Gasteiger partial charge in [0.05, 0.1) is 18.9 Å². The molecular formula is C20H29N5O3. The lowest BCUT2D eigenvalue weighted by atomic mass is 9.95. The number of morpholine rings is 1. The van der Waals surface area contributed by atoms with Crippen LogP contribution in [0.1, 0.15) is 26.7 Å². The van der Waals surface area contributed by atoms with Crippen molar-refractivity contribution in [3.05, 3.63) is 30.3 Å². The van der Waals surface area contributed by atoms with E-state index in [9.17, 15) is 9.59 Å². The first-order valence-corrected chi connectivity index (χ1v) is 9.76. The van der Waals surface area contributed by atoms with Crippen molar-refractivity contribution in [2.24, 2.45) is 10.8 Å². The van der Waals surface area contributed by atoms with Crippen molar-refractivity contribution in [2.75, 3.05) is 37.9 Å². The largest absolute Gasteiger partial charge is 0.379 e. The van der Waals surface area contributed by atoms with E-state index in [1.165, 1.54) is 5.01 Å². The molecule has 2 atom stereocenters. The van der Waals surface area contributed by atoms with Crippen LogP contribution in [0.15, 0.2) is 35.4 Å². The number of primary amides is 1. The Morgan fingerprint density at radius 3 is 2.57 bits per heavy atom. The topological polar surface area (TPSA) is 100 Å². The second kappa shape index (κ2) is 8.70. The molecule has 1 fully saturated rings. The van der Waals surface area contributed by atoms with E-state index in [-0.39, 0.29) is 17.9 Å². The number of hydrogen-bond acceptors (Lipinski definition) is 6. The minimum atomic E-state index is -0.653. The summed E-state index contributed by atoms with van der Waals surface area (Å²) in [6.45, 7) is 7.91. The fraction of sp³-hybridized carbons (Fsp3) is 0.550. The summed E-state index contributed by atoms with van der Waals surface area (Å²) in [5.41, 5.74) is 6.46. The number of ether oxygens (including phenoxy) is 1. The monoisotopic (exact) mass is 387 g/mol. The molecule has 0 spiro atoms. The third-order valence-corrected chi connectivity index (χ3v) is 5.69. The van der Waals surface area contributed by atoms with Gasteiger partial charge in [-0.15, -0.1) is 0 Å². The third kappa shape index (κ3) is 4.34. The summed E-state index contributed by atoms with van der Waals surface area (Å²) in [5.74, 6) is -0.750. The van der Waals surface area contributed by atoms with Gasteiger partial charge in [-0.25, -0.2) is 0 Å². The van der Waals surface area contributed by atoms with Crippen LogP contribution in [0.3, 0.4) is 0 Å². The van der Waals surface area contributed by atoms with Crippen molar-refractivity contribution in [1.82, 2.24) is 10.2 Å². The van der Waals surface area contributed by atoms with E-state index >= 15 is 0 Å². The van der Waals surface area contributed by atoms with E-state index in [1.807, 2.05) is 30.3 Å². The van der Waals surface area contributed by atoms with Crippen LogP contribution in [-0.4, -0.2) is 66.9 Å². The molecule has 0 aliphatic carbocycles. The van der Waals surface area contributed by atoms with Crippen LogP contribution in [0.25, 0.3) is 0 Å². The molecular weight excluding hydrogens is 358 g/mol. The summed E-state index contributed by atoms with van der Waals surface area (Å²) in [5, 5.41) is 8.96. The molecule has 1 aromatic carbocycles. The van der Waals surface area contributed by atoms with E-state index in [0.29, 0.717) is 25.5 Å². The number of anilines is 1. The Morgan fingerprint density at radius 2 is 1.96 bits per heavy atom. The van der Waals surface area contributed by atoms with Crippen molar-refractivity contribution in [3.63, 3.8) is 0 Å². The minimum absolute atomic E-state index is 0.152. The first kappa shape index (κ1) is 20.3. The Kier molecular flexibility index (Phi) is 6.31. The number of para-hydroxylation sites is 1. The molecule has 2 amide bonds. The van der Waals surface area contributed by atoms with Gasteiger partial charge in [-0.3, -0.25) is 19.5 Å². The molecule has 0 radical (unpaired) electrons. The molecule has 2 heterocycles. The van der Waals surface area contributed by atoms with Gasteiger partial charge in [0.1, 0.15) is 11.8 Å². The number of rotatable bonds is 7. The number of nitrogens with one attached hydrogen (secondary N) is 1. The Balaban J connectivity index is 1.68. The molecule has 1 saturated heterocycles. The fourth-order valence-electron chi connectivity index (χ4n) is 3.62. The summed E-state index contributed by atoms with van der Waals surface area (Å²) in [7, 11) is 0. The lowest BCUT2D eigenvalue weighted by Crippen LogP contribution is -2.57. The van der Waals surface area contributed by atoms with Crippen LogP contribution in [0.5, 0.6) is 0 Å². The zero-order chi connectivity index (χ0) is 20.1. The Labute approximate surface area is 165 Å². The predicted molar refractivity (Wildman–Crippen MR) is 108 cm³/mol. The predicted octanol–water partition coefficient (Wildman–Crippen LogP) is 0.724. The zero-order valence-electron chi connectivity index (χ0n) is 16.6. The van der Waals surface area contributed by atoms with Crippen LogP contribution in [0.2, 0.25) is 0 Å². The number of benzene rings is 1. The molecule has 2 aliphatic heterocycles. The maximum atomic E-state index is 12.8. The first-order chi connectivity index (χ1) is 13.4. The van der Waals surface area contributed by atoms with Crippen molar-refractivity contribution >= 4 is 23.2 Å². The van der Waals surface area contributed by atoms with E-state index in [1.54, 1.807) is 0 Å². The average molecular weight is 387 g/mol. The minimum Gasteiger partial charge on any atom is -0.379 e. The van der Waals surface area contributed by atoms with E-state index in [0.717, 1.165) is 25.2 Å². The van der Waals surface area contributed by atoms with Gasteiger partial charge in [-0.05, 0) is 25.5 Å². The Morgan fingerprint density at radius 1 is 1.29 bits per heavy atom. The molecule has 0 saturated carbocycles. The number of hydrogen-bond donors (Lipinski definition) is 2. The van der Waals surface area contributed by atoms with Gasteiger partial charge < -0.3 is 15.8 Å². The lowest BCUT2D eigenvalue weighted by molar-refractivity contribution is -0.119. The highest BCUT2D eigenvalue weighted by Gasteiger charge is 2.36. The normalized spacial score (nSPS) is 22.4. The molecule has 1 aromatic rings. The molecule has 8 nitrogen and oxygen atoms in total. The summed E-state index contributed by atoms with van der Waals surface area (Å²) < 4.78 is 5.44. The number of nitrogens with two attached hydrogens (primary N) is 1. The molecule has 8 heteroatoms. The molecule has 0 bridgehead atoms. The molecule has 0 aromatic heterocycles. The second-order valence-corrected chi connectivity index (χ2v) is 7.48. The Bertz CT molecular complexity index is 733. The molecule has 3 rings (SSSR count). The molecule has 0 unspecified atom stereocenters. The molecule has 2 aliphatic rings. The maximum absolute atomic E-state index is 12.8. The summed E-state index contributed by atoms with van der Waals surface area (Å²) in [4.78, 5) is 27.0. The van der Waals surface area contributed by atoms with Gasteiger partial charge in [-0.1, -0.05) is 25.1 Å². The van der Waals surface area contributed by atoms with Crippen LogP contribution >= 0.6 is 0 Å². The van der Waals surface area contributed by atoms with E-state index in [2.05, 4.69) is 29.2 Å². The SMILES string of the molecule is CC[C@](C)(CNC(=O)C1=NN(c2ccccc2)[C@H](C(N)=O)C1)N1CCOCC1. The smallest absolute Gasteiger partial charge is 0.267 e. The van der Waals surface area contributed by atoms with Gasteiger partial charge in [0.25, 0.3) is 5.91 Å². The highest BCUT2D eigenvalue weighted by atomic mass is 16.5.